The third kappa shape index (κ3) is 5.07. The summed E-state index contributed by atoms with van der Waals surface area (Å²) in [5.41, 5.74) is -1.42. The van der Waals surface area contributed by atoms with Crippen molar-refractivity contribution in [3.05, 3.63) is 57.8 Å². The van der Waals surface area contributed by atoms with Gasteiger partial charge < -0.3 is 9.58 Å². The molecule has 0 radical (unpaired) electrons. The molecule has 0 aromatic heterocycles. The molecule has 0 N–H and O–H groups in total. The molecule has 162 valence electrons. The van der Waals surface area contributed by atoms with Crippen molar-refractivity contribution in [2.45, 2.75) is 59.2 Å². The number of alkyl halides is 3. The highest BCUT2D eigenvalue weighted by atomic mass is 19.4. The highest BCUT2D eigenvalue weighted by Crippen LogP contribution is 2.44. The van der Waals surface area contributed by atoms with E-state index in [0.717, 1.165) is 12.1 Å². The smallest absolute Gasteiger partial charge is 0.416 e. The third-order valence-electron chi connectivity index (χ3n) is 4.66. The minimum Gasteiger partial charge on any atom is -0.462 e. The molecule has 2 unspecified atom stereocenters. The largest absolute Gasteiger partial charge is 0.462 e. The summed E-state index contributed by atoms with van der Waals surface area (Å²) in [6, 6.07) is 1.14. The van der Waals surface area contributed by atoms with Crippen LogP contribution in [0.2, 0.25) is 0 Å². The average molecular weight is 424 g/mol. The fourth-order valence-corrected chi connectivity index (χ4v) is 3.33. The molecular formula is C22H24F4N2O2. The molecule has 8 heteroatoms. The molecule has 0 saturated carbocycles. The van der Waals surface area contributed by atoms with Crippen molar-refractivity contribution in [3.63, 3.8) is 0 Å². The number of benzene rings is 1. The van der Waals surface area contributed by atoms with Crippen molar-refractivity contribution in [2.75, 3.05) is 6.61 Å². The fraction of sp³-hybridized carbons (Fsp3) is 0.500. The summed E-state index contributed by atoms with van der Waals surface area (Å²) < 4.78 is 60.2. The van der Waals surface area contributed by atoms with Crippen LogP contribution in [0.15, 0.2) is 34.5 Å². The Kier molecular flexibility index (Phi) is 6.75. The minimum absolute atomic E-state index is 0.0416. The van der Waals surface area contributed by atoms with Gasteiger partial charge in [-0.15, -0.1) is 0 Å². The Morgan fingerprint density at radius 1 is 1.27 bits per heavy atom. The van der Waals surface area contributed by atoms with Gasteiger partial charge in [-0.3, -0.25) is 4.99 Å². The monoisotopic (exact) mass is 424 g/mol. The van der Waals surface area contributed by atoms with Gasteiger partial charge >= 0.3 is 12.1 Å². The summed E-state index contributed by atoms with van der Waals surface area (Å²) in [6.07, 6.45) is -4.60. The molecule has 1 heterocycles. The molecule has 0 bridgehead atoms. The number of hydrogen-bond acceptors (Lipinski definition) is 3. The number of aliphatic imine (C=N–C) groups is 1. The first-order valence-corrected chi connectivity index (χ1v) is 9.48. The van der Waals surface area contributed by atoms with E-state index in [4.69, 9.17) is 11.3 Å². The lowest BCUT2D eigenvalue weighted by Gasteiger charge is -2.29. The van der Waals surface area contributed by atoms with Crippen LogP contribution >= 0.6 is 0 Å². The lowest BCUT2D eigenvalue weighted by atomic mass is 9.78. The number of hydrogen-bond donors (Lipinski definition) is 0. The fourth-order valence-electron chi connectivity index (χ4n) is 3.33. The van der Waals surface area contributed by atoms with Crippen LogP contribution in [0.25, 0.3) is 4.85 Å². The number of allylic oxidation sites excluding steroid dienone is 1. The van der Waals surface area contributed by atoms with Gasteiger partial charge in [0.15, 0.2) is 0 Å². The number of nitrogens with zero attached hydrogens (tertiary/aromatic N) is 2. The van der Waals surface area contributed by atoms with Gasteiger partial charge in [0.05, 0.1) is 35.1 Å². The average Bonchev–Trinajstić information content (AvgIpc) is 2.63. The SMILES string of the molecule is [C-]#[N+]C1C(C)=NC(CC)=C(C(=O)OCC(C)(C)C)C1c1ccc(F)cc1C(F)(F)F. The number of ether oxygens (including phenoxy) is 1. The van der Waals surface area contributed by atoms with E-state index in [2.05, 4.69) is 9.84 Å². The first kappa shape index (κ1) is 23.6. The number of carbonyl (C=O) groups is 1. The number of rotatable bonds is 4. The van der Waals surface area contributed by atoms with Crippen LogP contribution in [0.5, 0.6) is 0 Å². The molecule has 0 saturated heterocycles. The Labute approximate surface area is 173 Å². The predicted molar refractivity (Wildman–Crippen MR) is 105 cm³/mol. The normalized spacial score (nSPS) is 19.9. The second-order valence-electron chi connectivity index (χ2n) is 8.38. The molecule has 1 aliphatic heterocycles. The van der Waals surface area contributed by atoms with E-state index in [1.54, 1.807) is 13.8 Å². The zero-order chi connectivity index (χ0) is 22.9. The molecular weight excluding hydrogens is 400 g/mol. The Hall–Kier alpha value is -2.69. The van der Waals surface area contributed by atoms with Crippen LogP contribution in [0, 0.1) is 17.8 Å². The van der Waals surface area contributed by atoms with Crippen LogP contribution in [-0.4, -0.2) is 24.3 Å². The van der Waals surface area contributed by atoms with E-state index >= 15 is 0 Å². The molecule has 1 aliphatic rings. The van der Waals surface area contributed by atoms with Crippen molar-refractivity contribution in [1.82, 2.24) is 0 Å². The van der Waals surface area contributed by atoms with E-state index < -0.39 is 35.5 Å². The topological polar surface area (TPSA) is 43.0 Å². The number of esters is 1. The van der Waals surface area contributed by atoms with Gasteiger partial charge in [0.2, 0.25) is 0 Å². The van der Waals surface area contributed by atoms with Crippen LogP contribution in [-0.2, 0) is 15.7 Å². The van der Waals surface area contributed by atoms with Crippen molar-refractivity contribution in [2.24, 2.45) is 10.4 Å². The van der Waals surface area contributed by atoms with Crippen LogP contribution < -0.4 is 0 Å². The van der Waals surface area contributed by atoms with Crippen molar-refractivity contribution >= 4 is 11.7 Å². The Morgan fingerprint density at radius 3 is 2.40 bits per heavy atom. The summed E-state index contributed by atoms with van der Waals surface area (Å²) in [6.45, 7) is 16.4. The van der Waals surface area contributed by atoms with Gasteiger partial charge in [-0.25, -0.2) is 15.8 Å². The highest BCUT2D eigenvalue weighted by molar-refractivity contribution is 6.00. The van der Waals surface area contributed by atoms with Gasteiger partial charge in [-0.05, 0) is 36.5 Å². The van der Waals surface area contributed by atoms with Gasteiger partial charge in [0, 0.05) is 0 Å². The maximum absolute atomic E-state index is 13.7. The van der Waals surface area contributed by atoms with Gasteiger partial charge in [0.1, 0.15) is 5.82 Å². The number of carbonyl (C=O) groups excluding carboxylic acids is 1. The van der Waals surface area contributed by atoms with Crippen LogP contribution in [0.3, 0.4) is 0 Å². The first-order valence-electron chi connectivity index (χ1n) is 9.48. The van der Waals surface area contributed by atoms with Gasteiger partial charge in [-0.1, -0.05) is 33.8 Å². The summed E-state index contributed by atoms with van der Waals surface area (Å²) in [7, 11) is 0. The maximum atomic E-state index is 13.7. The minimum atomic E-state index is -4.86. The van der Waals surface area contributed by atoms with E-state index in [1.165, 1.54) is 0 Å². The molecule has 2 rings (SSSR count). The highest BCUT2D eigenvalue weighted by Gasteiger charge is 2.46. The van der Waals surface area contributed by atoms with Crippen molar-refractivity contribution in [1.29, 1.82) is 0 Å². The Bertz CT molecular complexity index is 934. The summed E-state index contributed by atoms with van der Waals surface area (Å²) in [5, 5.41) is 0. The van der Waals surface area contributed by atoms with Crippen LogP contribution in [0.4, 0.5) is 17.6 Å². The maximum Gasteiger partial charge on any atom is 0.416 e. The summed E-state index contributed by atoms with van der Waals surface area (Å²) in [4.78, 5) is 20.8. The third-order valence-corrected chi connectivity index (χ3v) is 4.66. The van der Waals surface area contributed by atoms with E-state index in [9.17, 15) is 22.4 Å². The number of halogens is 4. The molecule has 0 aliphatic carbocycles. The molecule has 1 aromatic carbocycles. The second kappa shape index (κ2) is 8.58. The molecule has 30 heavy (non-hydrogen) atoms. The molecule has 2 atom stereocenters. The van der Waals surface area contributed by atoms with Crippen LogP contribution in [0.1, 0.15) is 58.1 Å². The van der Waals surface area contributed by atoms with Crippen molar-refractivity contribution in [3.8, 4) is 0 Å². The predicted octanol–water partition coefficient (Wildman–Crippen LogP) is 5.94. The zero-order valence-electron chi connectivity index (χ0n) is 17.5. The first-order chi connectivity index (χ1) is 13.8. The Morgan fingerprint density at radius 2 is 1.90 bits per heavy atom. The van der Waals surface area contributed by atoms with E-state index in [0.29, 0.717) is 11.8 Å². The quantitative estimate of drug-likeness (QED) is 0.341. The lowest BCUT2D eigenvalue weighted by molar-refractivity contribution is -0.143. The molecule has 0 fully saturated rings. The molecule has 0 spiro atoms. The Balaban J connectivity index is 2.73. The molecule has 0 amide bonds. The second-order valence-corrected chi connectivity index (χ2v) is 8.38. The summed E-state index contributed by atoms with van der Waals surface area (Å²) in [5.74, 6) is -3.13. The van der Waals surface area contributed by atoms with Gasteiger partial charge in [-0.2, -0.15) is 13.2 Å². The van der Waals surface area contributed by atoms with E-state index in [-0.39, 0.29) is 35.3 Å². The standard InChI is InChI=1S/C22H24F4N2O2/c1-7-16-18(20(29)30-11-21(3,4)5)17(19(27-6)12(2)28-16)14-9-8-13(23)10-15(14)22(24,25)26/h8-10,17,19H,7,11H2,1-5H3. The van der Waals surface area contributed by atoms with Gasteiger partial charge in [0.25, 0.3) is 6.04 Å². The molecule has 4 nitrogen and oxygen atoms in total. The summed E-state index contributed by atoms with van der Waals surface area (Å²) >= 11 is 0. The van der Waals surface area contributed by atoms with Crippen molar-refractivity contribution < 1.29 is 27.1 Å². The lowest BCUT2D eigenvalue weighted by Crippen LogP contribution is -2.34. The zero-order valence-corrected chi connectivity index (χ0v) is 17.5. The van der Waals surface area contributed by atoms with E-state index in [1.807, 2.05) is 20.8 Å². The molecule has 1 aromatic rings.